The molecule has 4 rings (SSSR count). The van der Waals surface area contributed by atoms with Crippen molar-refractivity contribution in [2.24, 2.45) is 0 Å². The number of rotatable bonds is 7. The lowest BCUT2D eigenvalue weighted by Crippen LogP contribution is -2.07. The first-order valence-electron chi connectivity index (χ1n) is 13.1. The predicted molar refractivity (Wildman–Crippen MR) is 159 cm³/mol. The molecule has 8 nitrogen and oxygen atoms in total. The Bertz CT molecular complexity index is 1550. The molecule has 0 radical (unpaired) electrons. The molecule has 0 fully saturated rings. The number of hydrogen-bond donors (Lipinski definition) is 1. The van der Waals surface area contributed by atoms with Crippen molar-refractivity contribution >= 4 is 23.9 Å². The Kier molecular flexibility index (Phi) is 10.7. The monoisotopic (exact) mass is 568 g/mol. The molecule has 0 heterocycles. The Balaban J connectivity index is 0.000000230. The topological polar surface area (TPSA) is 116 Å². The van der Waals surface area contributed by atoms with Gasteiger partial charge in [0.2, 0.25) is 0 Å². The largest absolute Gasteiger partial charge is 0.478 e. The molecule has 0 aromatic heterocycles. The van der Waals surface area contributed by atoms with Gasteiger partial charge in [-0.15, -0.1) is 0 Å². The van der Waals surface area contributed by atoms with Crippen molar-refractivity contribution in [2.45, 2.75) is 20.8 Å². The second-order valence-corrected chi connectivity index (χ2v) is 9.34. The van der Waals surface area contributed by atoms with Crippen molar-refractivity contribution in [3.05, 3.63) is 118 Å². The first-order valence-corrected chi connectivity index (χ1v) is 13.1. The molecular formula is C34H32O8. The molecule has 0 aliphatic rings. The standard InChI is InChI=1S/2C17H16O4/c1-11-4-6-12(7-5-11)13-8-14(16(18)20-2)10-15(9-13)17(19)21-3;1-3-21-17(20)15-9-13(8-14(10-15)16(18)19)12-6-4-11(2)5-7-12/h4-10H,1-3H3;4-10H,3H2,1-2H3,(H,18,19). The van der Waals surface area contributed by atoms with E-state index in [2.05, 4.69) is 0 Å². The van der Waals surface area contributed by atoms with Crippen molar-refractivity contribution in [2.75, 3.05) is 20.8 Å². The molecule has 0 saturated carbocycles. The number of carbonyl (C=O) groups excluding carboxylic acids is 3. The van der Waals surface area contributed by atoms with Crippen molar-refractivity contribution in [1.29, 1.82) is 0 Å². The Hall–Kier alpha value is -5.24. The number of benzene rings is 4. The smallest absolute Gasteiger partial charge is 0.338 e. The first-order chi connectivity index (χ1) is 20.1. The summed E-state index contributed by atoms with van der Waals surface area (Å²) < 4.78 is 14.4. The van der Waals surface area contributed by atoms with E-state index in [9.17, 15) is 24.3 Å². The number of carbonyl (C=O) groups is 4. The number of methoxy groups -OCH3 is 2. The van der Waals surface area contributed by atoms with Crippen LogP contribution in [0.2, 0.25) is 0 Å². The van der Waals surface area contributed by atoms with E-state index in [-0.39, 0.29) is 17.7 Å². The van der Waals surface area contributed by atoms with Gasteiger partial charge in [0.05, 0.1) is 43.1 Å². The van der Waals surface area contributed by atoms with Gasteiger partial charge in [0, 0.05) is 0 Å². The average molecular weight is 569 g/mol. The van der Waals surface area contributed by atoms with Gasteiger partial charge in [-0.3, -0.25) is 0 Å². The van der Waals surface area contributed by atoms with E-state index in [0.29, 0.717) is 16.7 Å². The molecule has 0 aliphatic heterocycles. The van der Waals surface area contributed by atoms with Crippen molar-refractivity contribution in [3.63, 3.8) is 0 Å². The number of ether oxygens (including phenoxy) is 3. The molecule has 0 bridgehead atoms. The summed E-state index contributed by atoms with van der Waals surface area (Å²) >= 11 is 0. The number of aromatic carboxylic acids is 1. The van der Waals surface area contributed by atoms with Crippen LogP contribution in [0, 0.1) is 13.8 Å². The zero-order valence-corrected chi connectivity index (χ0v) is 24.1. The van der Waals surface area contributed by atoms with Gasteiger partial charge in [-0.1, -0.05) is 59.7 Å². The van der Waals surface area contributed by atoms with Gasteiger partial charge in [0.25, 0.3) is 0 Å². The third-order valence-corrected chi connectivity index (χ3v) is 6.24. The molecule has 0 saturated heterocycles. The van der Waals surface area contributed by atoms with Gasteiger partial charge < -0.3 is 19.3 Å². The van der Waals surface area contributed by atoms with Crippen molar-refractivity contribution < 1.29 is 38.5 Å². The van der Waals surface area contributed by atoms with Crippen LogP contribution in [-0.4, -0.2) is 49.8 Å². The van der Waals surface area contributed by atoms with E-state index in [0.717, 1.165) is 27.8 Å². The van der Waals surface area contributed by atoms with E-state index in [4.69, 9.17) is 14.2 Å². The number of esters is 3. The van der Waals surface area contributed by atoms with Gasteiger partial charge in [0.15, 0.2) is 0 Å². The van der Waals surface area contributed by atoms with E-state index < -0.39 is 23.9 Å². The van der Waals surface area contributed by atoms with Gasteiger partial charge >= 0.3 is 23.9 Å². The summed E-state index contributed by atoms with van der Waals surface area (Å²) in [5, 5.41) is 9.18. The van der Waals surface area contributed by atoms with Crippen LogP contribution >= 0.6 is 0 Å². The first kappa shape index (κ1) is 31.3. The van der Waals surface area contributed by atoms with Crippen LogP contribution in [0.5, 0.6) is 0 Å². The lowest BCUT2D eigenvalue weighted by molar-refractivity contribution is 0.0524. The second kappa shape index (κ2) is 14.4. The van der Waals surface area contributed by atoms with Crippen molar-refractivity contribution in [1.82, 2.24) is 0 Å². The summed E-state index contributed by atoms with van der Waals surface area (Å²) in [6.45, 7) is 5.92. The van der Waals surface area contributed by atoms with Crippen LogP contribution < -0.4 is 0 Å². The van der Waals surface area contributed by atoms with Crippen LogP contribution in [0.25, 0.3) is 22.3 Å². The third-order valence-electron chi connectivity index (χ3n) is 6.24. The highest BCUT2D eigenvalue weighted by Gasteiger charge is 2.15. The van der Waals surface area contributed by atoms with E-state index in [1.165, 1.54) is 26.4 Å². The Labute approximate surface area is 244 Å². The summed E-state index contributed by atoms with van der Waals surface area (Å²) in [6.07, 6.45) is 0. The zero-order valence-electron chi connectivity index (χ0n) is 24.1. The van der Waals surface area contributed by atoms with E-state index >= 15 is 0 Å². The van der Waals surface area contributed by atoms with Crippen LogP contribution in [-0.2, 0) is 14.2 Å². The number of carboxylic acid groups (broad SMARTS) is 1. The maximum atomic E-state index is 11.8. The summed E-state index contributed by atoms with van der Waals surface area (Å²) in [7, 11) is 2.61. The van der Waals surface area contributed by atoms with Gasteiger partial charge in [-0.05, 0) is 79.4 Å². The highest BCUT2D eigenvalue weighted by molar-refractivity contribution is 5.98. The van der Waals surface area contributed by atoms with Crippen molar-refractivity contribution in [3.8, 4) is 22.3 Å². The maximum Gasteiger partial charge on any atom is 0.338 e. The Morgan fingerprint density at radius 3 is 1.26 bits per heavy atom. The molecule has 0 atom stereocenters. The highest BCUT2D eigenvalue weighted by Crippen LogP contribution is 2.25. The summed E-state index contributed by atoms with van der Waals surface area (Å²) in [4.78, 5) is 46.5. The quantitative estimate of drug-likeness (QED) is 0.192. The molecule has 216 valence electrons. The zero-order chi connectivity index (χ0) is 30.8. The molecular weight excluding hydrogens is 536 g/mol. The minimum atomic E-state index is -1.07. The summed E-state index contributed by atoms with van der Waals surface area (Å²) in [6, 6.07) is 24.9. The van der Waals surface area contributed by atoms with Crippen LogP contribution in [0.3, 0.4) is 0 Å². The highest BCUT2D eigenvalue weighted by atomic mass is 16.5. The molecule has 1 N–H and O–H groups in total. The normalized spacial score (nSPS) is 10.1. The molecule has 0 amide bonds. The number of carboxylic acids is 1. The lowest BCUT2D eigenvalue weighted by Gasteiger charge is -2.08. The van der Waals surface area contributed by atoms with Crippen LogP contribution in [0.4, 0.5) is 0 Å². The molecule has 4 aromatic rings. The average Bonchev–Trinajstić information content (AvgIpc) is 3.00. The Morgan fingerprint density at radius 2 is 0.905 bits per heavy atom. The molecule has 42 heavy (non-hydrogen) atoms. The fourth-order valence-electron chi connectivity index (χ4n) is 4.01. The fraction of sp³-hybridized carbons (Fsp3) is 0.176. The van der Waals surface area contributed by atoms with E-state index in [1.54, 1.807) is 31.2 Å². The molecule has 4 aromatic carbocycles. The van der Waals surface area contributed by atoms with Crippen LogP contribution in [0.1, 0.15) is 59.5 Å². The number of aryl methyl sites for hydroxylation is 2. The molecule has 0 spiro atoms. The van der Waals surface area contributed by atoms with Gasteiger partial charge in [0.1, 0.15) is 0 Å². The minimum Gasteiger partial charge on any atom is -0.478 e. The molecule has 8 heteroatoms. The van der Waals surface area contributed by atoms with Crippen LogP contribution in [0.15, 0.2) is 84.9 Å². The fourth-order valence-corrected chi connectivity index (χ4v) is 4.01. The second-order valence-electron chi connectivity index (χ2n) is 9.34. The number of hydrogen-bond acceptors (Lipinski definition) is 7. The molecule has 0 unspecified atom stereocenters. The molecule has 0 aliphatic carbocycles. The van der Waals surface area contributed by atoms with Gasteiger partial charge in [-0.25, -0.2) is 19.2 Å². The van der Waals surface area contributed by atoms with Gasteiger partial charge in [-0.2, -0.15) is 0 Å². The van der Waals surface area contributed by atoms with E-state index in [1.807, 2.05) is 62.4 Å². The lowest BCUT2D eigenvalue weighted by atomic mass is 9.99. The SMILES string of the molecule is CCOC(=O)c1cc(C(=O)O)cc(-c2ccc(C)cc2)c1.COC(=O)c1cc(C(=O)OC)cc(-c2ccc(C)cc2)c1. The summed E-state index contributed by atoms with van der Waals surface area (Å²) in [5.41, 5.74) is 6.40. The maximum absolute atomic E-state index is 11.8. The summed E-state index contributed by atoms with van der Waals surface area (Å²) in [5.74, 6) is -2.58. The predicted octanol–water partition coefficient (Wildman–Crippen LogP) is 6.77. The third kappa shape index (κ3) is 8.14. The minimum absolute atomic E-state index is 0.0659. The Morgan fingerprint density at radius 1 is 0.548 bits per heavy atom.